The van der Waals surface area contributed by atoms with E-state index in [1.807, 2.05) is 17.5 Å². The second kappa shape index (κ2) is 7.57. The highest BCUT2D eigenvalue weighted by atomic mass is 32.1. The summed E-state index contributed by atoms with van der Waals surface area (Å²) >= 11 is 1.57. The molecule has 1 N–H and O–H groups in total. The van der Waals surface area contributed by atoms with Crippen molar-refractivity contribution < 1.29 is 4.79 Å². The van der Waals surface area contributed by atoms with E-state index in [2.05, 4.69) is 30.2 Å². The lowest BCUT2D eigenvalue weighted by atomic mass is 10.1. The number of nitrogens with zero attached hydrogens (tertiary/aromatic N) is 5. The number of rotatable bonds is 4. The Kier molecular flexibility index (Phi) is 4.83. The van der Waals surface area contributed by atoms with Crippen LogP contribution in [0.1, 0.15) is 23.2 Å². The number of aromatic nitrogens is 4. The minimum Gasteiger partial charge on any atom is -0.353 e. The summed E-state index contributed by atoms with van der Waals surface area (Å²) in [6.07, 6.45) is 10.2. The fraction of sp³-hybridized carbons (Fsp3) is 0.278. The molecular formula is C18H18N6OS. The van der Waals surface area contributed by atoms with E-state index in [9.17, 15) is 4.79 Å². The number of hydrogen-bond acceptors (Lipinski definition) is 7. The summed E-state index contributed by atoms with van der Waals surface area (Å²) in [4.78, 5) is 32.7. The van der Waals surface area contributed by atoms with Gasteiger partial charge in [0.1, 0.15) is 5.82 Å². The van der Waals surface area contributed by atoms with Crippen LogP contribution in [0.4, 0.5) is 5.82 Å². The largest absolute Gasteiger partial charge is 0.353 e. The van der Waals surface area contributed by atoms with Gasteiger partial charge in [0.15, 0.2) is 5.82 Å². The van der Waals surface area contributed by atoms with Crippen molar-refractivity contribution in [1.82, 2.24) is 25.3 Å². The number of anilines is 1. The van der Waals surface area contributed by atoms with E-state index in [0.717, 1.165) is 36.6 Å². The Labute approximate surface area is 155 Å². The summed E-state index contributed by atoms with van der Waals surface area (Å²) in [5, 5.41) is 5.06. The third-order valence-corrected chi connectivity index (χ3v) is 5.15. The molecule has 1 atom stereocenters. The van der Waals surface area contributed by atoms with Crippen molar-refractivity contribution in [3.8, 4) is 10.7 Å². The van der Waals surface area contributed by atoms with Crippen LogP contribution in [0.25, 0.3) is 10.7 Å². The molecule has 3 aromatic heterocycles. The monoisotopic (exact) mass is 366 g/mol. The highest BCUT2D eigenvalue weighted by Gasteiger charge is 2.23. The van der Waals surface area contributed by atoms with Crippen LogP contribution < -0.4 is 10.2 Å². The summed E-state index contributed by atoms with van der Waals surface area (Å²) in [5.41, 5.74) is 0.474. The van der Waals surface area contributed by atoms with E-state index in [1.165, 1.54) is 0 Å². The van der Waals surface area contributed by atoms with Gasteiger partial charge in [0, 0.05) is 43.9 Å². The van der Waals surface area contributed by atoms with Crippen LogP contribution in [-0.2, 0) is 0 Å². The normalized spacial score (nSPS) is 17.1. The number of carbonyl (C=O) groups excluding carboxylic acids is 1. The molecule has 0 radical (unpaired) electrons. The second-order valence-electron chi connectivity index (χ2n) is 6.09. The van der Waals surface area contributed by atoms with Gasteiger partial charge in [0.25, 0.3) is 5.91 Å². The minimum absolute atomic E-state index is 0.0650. The van der Waals surface area contributed by atoms with Crippen molar-refractivity contribution in [3.63, 3.8) is 0 Å². The third kappa shape index (κ3) is 3.70. The highest BCUT2D eigenvalue weighted by molar-refractivity contribution is 7.13. The SMILES string of the molecule is O=C(N[C@@H]1CCCN(c2cnccn2)C1)c1cnc(-c2cccs2)nc1. The van der Waals surface area contributed by atoms with Gasteiger partial charge in [-0.05, 0) is 24.3 Å². The van der Waals surface area contributed by atoms with Crippen molar-refractivity contribution in [2.24, 2.45) is 0 Å². The smallest absolute Gasteiger partial charge is 0.254 e. The predicted octanol–water partition coefficient (Wildman–Crippen LogP) is 2.39. The molecule has 0 aromatic carbocycles. The molecule has 4 rings (SSSR count). The molecule has 0 saturated carbocycles. The summed E-state index contributed by atoms with van der Waals surface area (Å²) in [5.74, 6) is 1.34. The van der Waals surface area contributed by atoms with Crippen LogP contribution >= 0.6 is 11.3 Å². The lowest BCUT2D eigenvalue weighted by molar-refractivity contribution is 0.0932. The van der Waals surface area contributed by atoms with Gasteiger partial charge in [-0.25, -0.2) is 15.0 Å². The molecule has 1 aliphatic heterocycles. The van der Waals surface area contributed by atoms with Crippen molar-refractivity contribution >= 4 is 23.1 Å². The number of nitrogens with one attached hydrogen (secondary N) is 1. The Bertz CT molecular complexity index is 853. The van der Waals surface area contributed by atoms with E-state index >= 15 is 0 Å². The summed E-state index contributed by atoms with van der Waals surface area (Å²) in [6.45, 7) is 1.64. The first-order valence-corrected chi connectivity index (χ1v) is 9.35. The number of hydrogen-bond donors (Lipinski definition) is 1. The Morgan fingerprint density at radius 1 is 1.19 bits per heavy atom. The maximum atomic E-state index is 12.5. The Morgan fingerprint density at radius 3 is 2.81 bits per heavy atom. The van der Waals surface area contributed by atoms with Crippen molar-refractivity contribution in [1.29, 1.82) is 0 Å². The van der Waals surface area contributed by atoms with Gasteiger partial charge in [-0.3, -0.25) is 9.78 Å². The van der Waals surface area contributed by atoms with Gasteiger partial charge in [0.2, 0.25) is 0 Å². The maximum Gasteiger partial charge on any atom is 0.254 e. The predicted molar refractivity (Wildman–Crippen MR) is 100 cm³/mol. The van der Waals surface area contributed by atoms with E-state index in [-0.39, 0.29) is 11.9 Å². The van der Waals surface area contributed by atoms with Crippen molar-refractivity contribution in [3.05, 3.63) is 54.1 Å². The molecule has 0 unspecified atom stereocenters. The van der Waals surface area contributed by atoms with Gasteiger partial charge in [0.05, 0.1) is 16.6 Å². The number of piperidine rings is 1. The van der Waals surface area contributed by atoms with Gasteiger partial charge in [-0.2, -0.15) is 0 Å². The molecule has 0 aliphatic carbocycles. The number of amides is 1. The quantitative estimate of drug-likeness (QED) is 0.763. The first kappa shape index (κ1) is 16.6. The summed E-state index contributed by atoms with van der Waals surface area (Å²) < 4.78 is 0. The van der Waals surface area contributed by atoms with Crippen LogP contribution in [-0.4, -0.2) is 45.0 Å². The molecule has 0 bridgehead atoms. The molecule has 7 nitrogen and oxygen atoms in total. The standard InChI is InChI=1S/C18H18N6OS/c25-18(13-9-21-17(22-10-13)15-4-2-8-26-15)23-14-3-1-7-24(12-14)16-11-19-5-6-20-16/h2,4-6,8-11,14H,1,3,7,12H2,(H,23,25)/t14-/m1/s1. The molecular weight excluding hydrogens is 348 g/mol. The zero-order valence-electron chi connectivity index (χ0n) is 14.1. The Balaban J connectivity index is 1.39. The van der Waals surface area contributed by atoms with Crippen LogP contribution in [0.5, 0.6) is 0 Å². The molecule has 4 heterocycles. The van der Waals surface area contributed by atoms with Crippen LogP contribution in [0.15, 0.2) is 48.5 Å². The highest BCUT2D eigenvalue weighted by Crippen LogP contribution is 2.20. The number of thiophene rings is 1. The Hall–Kier alpha value is -2.87. The molecule has 26 heavy (non-hydrogen) atoms. The number of carbonyl (C=O) groups is 1. The van der Waals surface area contributed by atoms with E-state index in [1.54, 1.807) is 42.3 Å². The maximum absolute atomic E-state index is 12.5. The fourth-order valence-corrected chi connectivity index (χ4v) is 3.68. The second-order valence-corrected chi connectivity index (χ2v) is 7.04. The average Bonchev–Trinajstić information content (AvgIpc) is 3.24. The summed E-state index contributed by atoms with van der Waals surface area (Å²) in [7, 11) is 0. The molecule has 0 spiro atoms. The lowest BCUT2D eigenvalue weighted by Crippen LogP contribution is -2.48. The molecule has 1 amide bonds. The first-order valence-electron chi connectivity index (χ1n) is 8.47. The van der Waals surface area contributed by atoms with Crippen LogP contribution in [0.2, 0.25) is 0 Å². The zero-order chi connectivity index (χ0) is 17.8. The fourth-order valence-electron chi connectivity index (χ4n) is 3.00. The van der Waals surface area contributed by atoms with Crippen molar-refractivity contribution in [2.45, 2.75) is 18.9 Å². The van der Waals surface area contributed by atoms with Gasteiger partial charge >= 0.3 is 0 Å². The van der Waals surface area contributed by atoms with E-state index < -0.39 is 0 Å². The minimum atomic E-state index is -0.145. The topological polar surface area (TPSA) is 83.9 Å². The molecule has 1 saturated heterocycles. The van der Waals surface area contributed by atoms with Gasteiger partial charge in [-0.15, -0.1) is 11.3 Å². The first-order chi connectivity index (χ1) is 12.8. The molecule has 1 fully saturated rings. The van der Waals surface area contributed by atoms with Crippen LogP contribution in [0.3, 0.4) is 0 Å². The molecule has 132 valence electrons. The zero-order valence-corrected chi connectivity index (χ0v) is 14.9. The summed E-state index contributed by atoms with van der Waals surface area (Å²) in [6, 6.07) is 3.98. The van der Waals surface area contributed by atoms with Gasteiger partial charge in [-0.1, -0.05) is 6.07 Å². The van der Waals surface area contributed by atoms with E-state index in [4.69, 9.17) is 0 Å². The van der Waals surface area contributed by atoms with Crippen molar-refractivity contribution in [2.75, 3.05) is 18.0 Å². The molecule has 1 aliphatic rings. The third-order valence-electron chi connectivity index (χ3n) is 4.29. The lowest BCUT2D eigenvalue weighted by Gasteiger charge is -2.33. The molecule has 3 aromatic rings. The van der Waals surface area contributed by atoms with Crippen LogP contribution in [0, 0.1) is 0 Å². The average molecular weight is 366 g/mol. The van der Waals surface area contributed by atoms with E-state index in [0.29, 0.717) is 11.4 Å². The molecule has 8 heteroatoms. The van der Waals surface area contributed by atoms with Gasteiger partial charge < -0.3 is 10.2 Å². The Morgan fingerprint density at radius 2 is 2.08 bits per heavy atom.